The maximum Gasteiger partial charge on any atom is 0.251 e. The molecule has 0 saturated heterocycles. The average Bonchev–Trinajstić information content (AvgIpc) is 3.32. The maximum atomic E-state index is 12.4. The molecule has 34 heavy (non-hydrogen) atoms. The van der Waals surface area contributed by atoms with Crippen LogP contribution in [0.3, 0.4) is 0 Å². The first kappa shape index (κ1) is 23.6. The highest BCUT2D eigenvalue weighted by atomic mass is 35.5. The fourth-order valence-corrected chi connectivity index (χ4v) is 3.68. The zero-order chi connectivity index (χ0) is 24.2. The Morgan fingerprint density at radius 3 is 2.35 bits per heavy atom. The molecule has 4 aromatic heterocycles. The summed E-state index contributed by atoms with van der Waals surface area (Å²) < 4.78 is 3.40. The summed E-state index contributed by atoms with van der Waals surface area (Å²) >= 11 is 12.0. The average molecular weight is 494 g/mol. The van der Waals surface area contributed by atoms with Crippen molar-refractivity contribution in [1.29, 1.82) is 0 Å². The normalized spacial score (nSPS) is 11.7. The van der Waals surface area contributed by atoms with Crippen LogP contribution in [-0.4, -0.2) is 29.2 Å². The van der Waals surface area contributed by atoms with Crippen LogP contribution in [0.5, 0.6) is 0 Å². The van der Waals surface area contributed by atoms with Gasteiger partial charge in [-0.3, -0.25) is 4.79 Å². The standard InChI is InChI=1S/C21H15Cl2N3O2.C4H6N2/c1-26-17-10-9-16(21(28)12-5-7-13(22)8-6-12)25-20(17)14(11-19(26)27)15-3-2-4-18(23)24-15;1-6-3-2-5-4-6/h2-11,21,28H,1H3;2-4H,1H3. The fraction of sp³-hybridized carbons (Fsp3) is 0.120. The molecule has 0 aliphatic carbocycles. The number of aliphatic hydroxyl groups excluding tert-OH is 1. The molecule has 1 atom stereocenters. The van der Waals surface area contributed by atoms with Gasteiger partial charge in [0, 0.05) is 43.1 Å². The van der Waals surface area contributed by atoms with E-state index < -0.39 is 6.10 Å². The van der Waals surface area contributed by atoms with Crippen LogP contribution in [0.25, 0.3) is 22.3 Å². The van der Waals surface area contributed by atoms with Gasteiger partial charge >= 0.3 is 0 Å². The lowest BCUT2D eigenvalue weighted by molar-refractivity contribution is 0.216. The highest BCUT2D eigenvalue weighted by Crippen LogP contribution is 2.28. The largest absolute Gasteiger partial charge is 0.382 e. The Morgan fingerprint density at radius 2 is 1.74 bits per heavy atom. The molecule has 0 spiro atoms. The molecule has 5 aromatic rings. The number of nitrogens with zero attached hydrogens (tertiary/aromatic N) is 5. The number of halogens is 2. The molecule has 9 heteroatoms. The summed E-state index contributed by atoms with van der Waals surface area (Å²) in [5, 5.41) is 11.7. The molecule has 1 aromatic carbocycles. The third-order valence-electron chi connectivity index (χ3n) is 5.20. The summed E-state index contributed by atoms with van der Waals surface area (Å²) in [5.74, 6) is 0. The molecule has 0 amide bonds. The number of rotatable bonds is 3. The van der Waals surface area contributed by atoms with Gasteiger partial charge in [0.2, 0.25) is 0 Å². The van der Waals surface area contributed by atoms with Crippen molar-refractivity contribution in [2.75, 3.05) is 0 Å². The Hall–Kier alpha value is -3.52. The molecule has 4 heterocycles. The molecule has 5 rings (SSSR count). The number of benzene rings is 1. The Bertz CT molecular complexity index is 1480. The van der Waals surface area contributed by atoms with E-state index in [1.807, 2.05) is 17.8 Å². The first-order chi connectivity index (χ1) is 16.3. The van der Waals surface area contributed by atoms with E-state index in [4.69, 9.17) is 23.2 Å². The minimum atomic E-state index is -0.931. The molecule has 0 aliphatic rings. The highest BCUT2D eigenvalue weighted by Gasteiger charge is 2.17. The molecule has 0 fully saturated rings. The summed E-state index contributed by atoms with van der Waals surface area (Å²) in [4.78, 5) is 25.1. The molecule has 0 aliphatic heterocycles. The van der Waals surface area contributed by atoms with Gasteiger partial charge in [-0.1, -0.05) is 41.4 Å². The van der Waals surface area contributed by atoms with Crippen LogP contribution in [0, 0.1) is 0 Å². The van der Waals surface area contributed by atoms with Gasteiger partial charge in [0.05, 0.1) is 28.7 Å². The topological polar surface area (TPSA) is 85.8 Å². The lowest BCUT2D eigenvalue weighted by Crippen LogP contribution is -2.17. The van der Waals surface area contributed by atoms with E-state index in [0.29, 0.717) is 43.7 Å². The zero-order valence-corrected chi connectivity index (χ0v) is 19.9. The molecule has 0 bridgehead atoms. The van der Waals surface area contributed by atoms with Crippen molar-refractivity contribution >= 4 is 34.2 Å². The SMILES string of the molecule is Cn1c(=O)cc(-c2cccc(Cl)n2)c2nc(C(O)c3ccc(Cl)cc3)ccc21.Cn1ccnc1. The summed E-state index contributed by atoms with van der Waals surface area (Å²) in [6.07, 6.45) is 4.46. The molecule has 1 unspecified atom stereocenters. The van der Waals surface area contributed by atoms with Gasteiger partial charge in [0.15, 0.2) is 0 Å². The van der Waals surface area contributed by atoms with E-state index in [1.54, 1.807) is 74.2 Å². The zero-order valence-electron chi connectivity index (χ0n) is 18.4. The van der Waals surface area contributed by atoms with Crippen LogP contribution in [-0.2, 0) is 14.1 Å². The Kier molecular flexibility index (Phi) is 7.07. The number of fused-ring (bicyclic) bond motifs is 1. The predicted octanol–water partition coefficient (Wildman–Crippen LogP) is 4.80. The number of aliphatic hydroxyl groups is 1. The van der Waals surface area contributed by atoms with Crippen LogP contribution in [0.2, 0.25) is 10.2 Å². The van der Waals surface area contributed by atoms with Crippen molar-refractivity contribution in [2.45, 2.75) is 6.10 Å². The molecule has 0 radical (unpaired) electrons. The van der Waals surface area contributed by atoms with Crippen molar-refractivity contribution in [3.8, 4) is 11.3 Å². The highest BCUT2D eigenvalue weighted by molar-refractivity contribution is 6.30. The van der Waals surface area contributed by atoms with Crippen molar-refractivity contribution in [3.63, 3.8) is 0 Å². The van der Waals surface area contributed by atoms with Gasteiger partial charge in [0.1, 0.15) is 11.3 Å². The van der Waals surface area contributed by atoms with Gasteiger partial charge in [-0.2, -0.15) is 0 Å². The minimum Gasteiger partial charge on any atom is -0.382 e. The molecule has 1 N–H and O–H groups in total. The van der Waals surface area contributed by atoms with E-state index in [-0.39, 0.29) is 5.56 Å². The fourth-order valence-electron chi connectivity index (χ4n) is 3.39. The molecular weight excluding hydrogens is 473 g/mol. The third kappa shape index (κ3) is 5.17. The second-order valence-electron chi connectivity index (χ2n) is 7.59. The van der Waals surface area contributed by atoms with E-state index in [2.05, 4.69) is 15.0 Å². The number of imidazole rings is 1. The Labute approximate surface area is 205 Å². The van der Waals surface area contributed by atoms with Gasteiger partial charge in [-0.05, 0) is 42.0 Å². The smallest absolute Gasteiger partial charge is 0.251 e. The number of aryl methyl sites for hydroxylation is 2. The first-order valence-electron chi connectivity index (χ1n) is 10.3. The van der Waals surface area contributed by atoms with E-state index in [0.717, 1.165) is 0 Å². The molecule has 172 valence electrons. The number of aromatic nitrogens is 5. The number of hydrogen-bond donors (Lipinski definition) is 1. The molecule has 0 saturated carbocycles. The van der Waals surface area contributed by atoms with E-state index >= 15 is 0 Å². The number of hydrogen-bond acceptors (Lipinski definition) is 5. The Morgan fingerprint density at radius 1 is 0.971 bits per heavy atom. The van der Waals surface area contributed by atoms with Crippen molar-refractivity contribution < 1.29 is 5.11 Å². The van der Waals surface area contributed by atoms with Crippen molar-refractivity contribution in [1.82, 2.24) is 24.1 Å². The molecule has 7 nitrogen and oxygen atoms in total. The van der Waals surface area contributed by atoms with Crippen LogP contribution >= 0.6 is 23.2 Å². The maximum absolute atomic E-state index is 12.4. The predicted molar refractivity (Wildman–Crippen MR) is 134 cm³/mol. The lowest BCUT2D eigenvalue weighted by atomic mass is 10.0. The minimum absolute atomic E-state index is 0.183. The van der Waals surface area contributed by atoms with Crippen molar-refractivity contribution in [3.05, 3.63) is 111 Å². The summed E-state index contributed by atoms with van der Waals surface area (Å²) in [5.41, 5.74) is 3.24. The van der Waals surface area contributed by atoms with Crippen LogP contribution in [0.15, 0.2) is 84.2 Å². The second-order valence-corrected chi connectivity index (χ2v) is 8.41. The quantitative estimate of drug-likeness (QED) is 0.364. The van der Waals surface area contributed by atoms with Gasteiger partial charge in [-0.25, -0.2) is 15.0 Å². The lowest BCUT2D eigenvalue weighted by Gasteiger charge is -2.14. The monoisotopic (exact) mass is 493 g/mol. The van der Waals surface area contributed by atoms with Gasteiger partial charge < -0.3 is 14.2 Å². The number of pyridine rings is 3. The summed E-state index contributed by atoms with van der Waals surface area (Å²) in [6.45, 7) is 0. The van der Waals surface area contributed by atoms with E-state index in [9.17, 15) is 9.90 Å². The van der Waals surface area contributed by atoms with Gasteiger partial charge in [-0.15, -0.1) is 0 Å². The third-order valence-corrected chi connectivity index (χ3v) is 5.67. The Balaban J connectivity index is 0.000000398. The first-order valence-corrected chi connectivity index (χ1v) is 11.1. The van der Waals surface area contributed by atoms with Crippen LogP contribution in [0.4, 0.5) is 0 Å². The van der Waals surface area contributed by atoms with E-state index in [1.165, 1.54) is 10.6 Å². The summed E-state index contributed by atoms with van der Waals surface area (Å²) in [6, 6.07) is 17.1. The van der Waals surface area contributed by atoms with Crippen LogP contribution in [0.1, 0.15) is 17.4 Å². The summed E-state index contributed by atoms with van der Waals surface area (Å²) in [7, 11) is 3.61. The van der Waals surface area contributed by atoms with Gasteiger partial charge in [0.25, 0.3) is 5.56 Å². The van der Waals surface area contributed by atoms with Crippen LogP contribution < -0.4 is 5.56 Å². The van der Waals surface area contributed by atoms with Crippen molar-refractivity contribution in [2.24, 2.45) is 14.1 Å². The second kappa shape index (κ2) is 10.2. The molecular formula is C25H21Cl2N5O2.